The summed E-state index contributed by atoms with van der Waals surface area (Å²) in [6.45, 7) is 1.60. The number of hydrogen-bond acceptors (Lipinski definition) is 5. The summed E-state index contributed by atoms with van der Waals surface area (Å²) in [6.07, 6.45) is 0.837. The minimum Gasteiger partial charge on any atom is -0.446 e. The van der Waals surface area contributed by atoms with Gasteiger partial charge in [0.1, 0.15) is 6.10 Å². The summed E-state index contributed by atoms with van der Waals surface area (Å²) in [5.74, 6) is 0.870. The maximum Gasteiger partial charge on any atom is 0.407 e. The highest BCUT2D eigenvalue weighted by atomic mass is 35.5. The van der Waals surface area contributed by atoms with E-state index in [0.717, 1.165) is 16.5 Å². The first-order chi connectivity index (χ1) is 11.6. The van der Waals surface area contributed by atoms with Crippen molar-refractivity contribution in [1.82, 2.24) is 10.2 Å². The molecule has 2 heterocycles. The molecule has 0 radical (unpaired) electrons. The van der Waals surface area contributed by atoms with E-state index in [9.17, 15) is 9.59 Å². The quantitative estimate of drug-likeness (QED) is 0.887. The highest BCUT2D eigenvalue weighted by Gasteiger charge is 2.28. The average Bonchev–Trinajstić information content (AvgIpc) is 2.97. The number of benzene rings is 1. The van der Waals surface area contributed by atoms with Crippen LogP contribution in [-0.4, -0.2) is 55.6 Å². The molecule has 8 heteroatoms. The Labute approximate surface area is 150 Å². The van der Waals surface area contributed by atoms with Gasteiger partial charge in [-0.3, -0.25) is 4.79 Å². The molecular formula is C16H20ClN3O3S. The number of halogens is 1. The van der Waals surface area contributed by atoms with Crippen LogP contribution in [0.4, 0.5) is 10.5 Å². The van der Waals surface area contributed by atoms with Crippen molar-refractivity contribution in [2.45, 2.75) is 23.8 Å². The number of amides is 2. The number of hydrogen-bond donors (Lipinski definition) is 1. The molecule has 0 unspecified atom stereocenters. The highest BCUT2D eigenvalue weighted by molar-refractivity contribution is 7.99. The lowest BCUT2D eigenvalue weighted by atomic mass is 10.1. The first-order valence-corrected chi connectivity index (χ1v) is 9.26. The molecule has 2 aliphatic rings. The van der Waals surface area contributed by atoms with E-state index in [1.807, 2.05) is 23.1 Å². The van der Waals surface area contributed by atoms with Gasteiger partial charge in [0.05, 0.1) is 18.1 Å². The molecule has 1 saturated heterocycles. The monoisotopic (exact) mass is 369 g/mol. The van der Waals surface area contributed by atoms with Crippen molar-refractivity contribution in [3.05, 3.63) is 23.2 Å². The topological polar surface area (TPSA) is 61.9 Å². The molecule has 0 spiro atoms. The summed E-state index contributed by atoms with van der Waals surface area (Å²) in [5, 5.41) is 3.16. The molecule has 1 aromatic rings. The number of ether oxygens (including phenoxy) is 1. The third-order valence-electron chi connectivity index (χ3n) is 4.24. The maximum absolute atomic E-state index is 12.5. The van der Waals surface area contributed by atoms with E-state index < -0.39 is 6.09 Å². The number of rotatable bonds is 3. The minimum absolute atomic E-state index is 0.108. The number of carbonyl (C=O) groups is 2. The molecule has 2 amide bonds. The Bertz CT molecular complexity index is 635. The third kappa shape index (κ3) is 3.89. The molecular weight excluding hydrogens is 350 g/mol. The number of nitrogens with one attached hydrogen (secondary N) is 1. The molecule has 130 valence electrons. The number of likely N-dealkylation sites (tertiary alicyclic amines) is 1. The average molecular weight is 370 g/mol. The number of nitrogens with zero attached hydrogens (tertiary/aromatic N) is 2. The predicted octanol–water partition coefficient (Wildman–Crippen LogP) is 2.56. The Hall–Kier alpha value is -1.60. The van der Waals surface area contributed by atoms with Crippen molar-refractivity contribution in [2.75, 3.05) is 37.5 Å². The number of alkyl carbamates (subject to hydrolysis) is 1. The van der Waals surface area contributed by atoms with Gasteiger partial charge in [-0.15, -0.1) is 11.8 Å². The van der Waals surface area contributed by atoms with Crippen LogP contribution in [0.1, 0.15) is 12.8 Å². The van der Waals surface area contributed by atoms with Crippen molar-refractivity contribution >= 4 is 41.1 Å². The molecule has 0 atom stereocenters. The molecule has 3 rings (SSSR count). The SMILES string of the molecule is CNC(=O)OC1CCN(C(=O)CN2CSc3cc(Cl)ccc32)CC1. The van der Waals surface area contributed by atoms with Gasteiger partial charge >= 0.3 is 6.09 Å². The molecule has 1 fully saturated rings. The van der Waals surface area contributed by atoms with Crippen molar-refractivity contribution in [3.63, 3.8) is 0 Å². The first-order valence-electron chi connectivity index (χ1n) is 7.90. The maximum atomic E-state index is 12.5. The van der Waals surface area contributed by atoms with Crippen LogP contribution < -0.4 is 10.2 Å². The van der Waals surface area contributed by atoms with Crippen molar-refractivity contribution < 1.29 is 14.3 Å². The van der Waals surface area contributed by atoms with E-state index >= 15 is 0 Å². The van der Waals surface area contributed by atoms with Crippen LogP contribution >= 0.6 is 23.4 Å². The van der Waals surface area contributed by atoms with E-state index in [1.54, 1.807) is 18.8 Å². The van der Waals surface area contributed by atoms with Crippen molar-refractivity contribution in [1.29, 1.82) is 0 Å². The van der Waals surface area contributed by atoms with Gasteiger partial charge in [-0.05, 0) is 18.2 Å². The van der Waals surface area contributed by atoms with Crippen LogP contribution in [0.15, 0.2) is 23.1 Å². The molecule has 6 nitrogen and oxygen atoms in total. The summed E-state index contributed by atoms with van der Waals surface area (Å²) in [7, 11) is 1.54. The lowest BCUT2D eigenvalue weighted by Gasteiger charge is -2.32. The second kappa shape index (κ2) is 7.53. The normalized spacial score (nSPS) is 17.6. The van der Waals surface area contributed by atoms with Crippen LogP contribution in [0.5, 0.6) is 0 Å². The predicted molar refractivity (Wildman–Crippen MR) is 94.7 cm³/mol. The molecule has 1 N–H and O–H groups in total. The zero-order valence-electron chi connectivity index (χ0n) is 13.5. The van der Waals surface area contributed by atoms with Gasteiger partial charge in [-0.1, -0.05) is 11.6 Å². The Morgan fingerprint density at radius 1 is 1.38 bits per heavy atom. The zero-order valence-corrected chi connectivity index (χ0v) is 15.0. The second-order valence-corrected chi connectivity index (χ2v) is 7.24. The highest BCUT2D eigenvalue weighted by Crippen LogP contribution is 2.39. The zero-order chi connectivity index (χ0) is 17.1. The van der Waals surface area contributed by atoms with E-state index in [4.69, 9.17) is 16.3 Å². The van der Waals surface area contributed by atoms with E-state index in [2.05, 4.69) is 10.2 Å². The molecule has 24 heavy (non-hydrogen) atoms. The smallest absolute Gasteiger partial charge is 0.407 e. The fourth-order valence-electron chi connectivity index (χ4n) is 2.91. The lowest BCUT2D eigenvalue weighted by molar-refractivity contribution is -0.131. The van der Waals surface area contributed by atoms with Gasteiger partial charge in [-0.2, -0.15) is 0 Å². The summed E-state index contributed by atoms with van der Waals surface area (Å²) in [5.41, 5.74) is 1.07. The summed E-state index contributed by atoms with van der Waals surface area (Å²) >= 11 is 7.71. The number of piperidine rings is 1. The Morgan fingerprint density at radius 2 is 2.12 bits per heavy atom. The van der Waals surface area contributed by atoms with Crippen LogP contribution in [0.2, 0.25) is 5.02 Å². The van der Waals surface area contributed by atoms with Gasteiger partial charge in [0.25, 0.3) is 0 Å². The number of fused-ring (bicyclic) bond motifs is 1. The molecule has 0 aliphatic carbocycles. The Kier molecular flexibility index (Phi) is 5.40. The minimum atomic E-state index is -0.413. The molecule has 0 saturated carbocycles. The van der Waals surface area contributed by atoms with Gasteiger partial charge in [0, 0.05) is 42.9 Å². The Balaban J connectivity index is 1.52. The van der Waals surface area contributed by atoms with Crippen molar-refractivity contribution in [2.24, 2.45) is 0 Å². The molecule has 0 aromatic heterocycles. The first kappa shape index (κ1) is 17.2. The number of thioether (sulfide) groups is 1. The second-order valence-electron chi connectivity index (χ2n) is 5.82. The fourth-order valence-corrected chi connectivity index (χ4v) is 4.23. The van der Waals surface area contributed by atoms with Crippen molar-refractivity contribution in [3.8, 4) is 0 Å². The largest absolute Gasteiger partial charge is 0.446 e. The third-order valence-corrected chi connectivity index (χ3v) is 5.55. The van der Waals surface area contributed by atoms with E-state index in [-0.39, 0.29) is 12.0 Å². The van der Waals surface area contributed by atoms with E-state index in [1.165, 1.54) is 0 Å². The summed E-state index contributed by atoms with van der Waals surface area (Å²) < 4.78 is 5.25. The van der Waals surface area contributed by atoms with Gasteiger partial charge < -0.3 is 19.9 Å². The van der Waals surface area contributed by atoms with Crippen LogP contribution in [0, 0.1) is 0 Å². The summed E-state index contributed by atoms with van der Waals surface area (Å²) in [4.78, 5) is 28.8. The molecule has 0 bridgehead atoms. The van der Waals surface area contributed by atoms with E-state index in [0.29, 0.717) is 37.5 Å². The standard InChI is InChI=1S/C16H20ClN3O3S/c1-18-16(22)23-12-4-6-19(7-5-12)15(21)9-20-10-24-14-8-11(17)2-3-13(14)20/h2-3,8,12H,4-7,9-10H2,1H3,(H,18,22). The Morgan fingerprint density at radius 3 is 2.83 bits per heavy atom. The van der Waals surface area contributed by atoms with Gasteiger partial charge in [-0.25, -0.2) is 4.79 Å². The van der Waals surface area contributed by atoms with Crippen LogP contribution in [0.25, 0.3) is 0 Å². The van der Waals surface area contributed by atoms with Gasteiger partial charge in [0.2, 0.25) is 5.91 Å². The number of anilines is 1. The van der Waals surface area contributed by atoms with Gasteiger partial charge in [0.15, 0.2) is 0 Å². The van der Waals surface area contributed by atoms with Crippen LogP contribution in [-0.2, 0) is 9.53 Å². The molecule has 1 aromatic carbocycles. The molecule has 2 aliphatic heterocycles. The fraction of sp³-hybridized carbons (Fsp3) is 0.500. The summed E-state index contributed by atoms with van der Waals surface area (Å²) in [6, 6.07) is 5.76. The van der Waals surface area contributed by atoms with Crippen LogP contribution in [0.3, 0.4) is 0 Å². The number of carbonyl (C=O) groups excluding carboxylic acids is 2. The lowest BCUT2D eigenvalue weighted by Crippen LogP contribution is -2.46.